The summed E-state index contributed by atoms with van der Waals surface area (Å²) in [5, 5.41) is 4.51. The van der Waals surface area contributed by atoms with E-state index in [4.69, 9.17) is 11.6 Å². The average molecular weight is 397 g/mol. The minimum atomic E-state index is -0.0646. The van der Waals surface area contributed by atoms with E-state index in [1.54, 1.807) is 17.7 Å². The van der Waals surface area contributed by atoms with Crippen LogP contribution >= 0.6 is 22.9 Å². The van der Waals surface area contributed by atoms with Gasteiger partial charge in [0.15, 0.2) is 0 Å². The normalized spacial score (nSPS) is 11.0. The highest BCUT2D eigenvalue weighted by molar-refractivity contribution is 7.15. The molecule has 0 aliphatic rings. The van der Waals surface area contributed by atoms with Crippen molar-refractivity contribution in [2.45, 2.75) is 20.0 Å². The fourth-order valence-electron chi connectivity index (χ4n) is 2.87. The van der Waals surface area contributed by atoms with Gasteiger partial charge in [-0.1, -0.05) is 41.9 Å². The molecule has 0 bridgehead atoms. The van der Waals surface area contributed by atoms with Gasteiger partial charge in [-0.2, -0.15) is 0 Å². The zero-order chi connectivity index (χ0) is 18.8. The predicted molar refractivity (Wildman–Crippen MR) is 109 cm³/mol. The average Bonchev–Trinajstić information content (AvgIpc) is 3.24. The van der Waals surface area contributed by atoms with Crippen molar-refractivity contribution in [3.05, 3.63) is 70.5 Å². The Hall–Kier alpha value is -2.70. The fraction of sp³-hybridized carbons (Fsp3) is 0.150. The first kappa shape index (κ1) is 17.7. The van der Waals surface area contributed by atoms with Gasteiger partial charge in [0.25, 0.3) is 0 Å². The number of benzene rings is 2. The van der Waals surface area contributed by atoms with E-state index in [1.807, 2.05) is 60.0 Å². The summed E-state index contributed by atoms with van der Waals surface area (Å²) in [5.74, 6) is -0.0646. The highest BCUT2D eigenvalue weighted by Gasteiger charge is 2.13. The van der Waals surface area contributed by atoms with Gasteiger partial charge < -0.3 is 9.88 Å². The van der Waals surface area contributed by atoms with E-state index in [2.05, 4.69) is 15.3 Å². The number of amides is 1. The van der Waals surface area contributed by atoms with Crippen molar-refractivity contribution in [1.82, 2.24) is 19.9 Å². The van der Waals surface area contributed by atoms with Crippen molar-refractivity contribution < 1.29 is 4.79 Å². The van der Waals surface area contributed by atoms with Crippen LogP contribution in [0.1, 0.15) is 10.6 Å². The van der Waals surface area contributed by atoms with E-state index in [0.29, 0.717) is 11.6 Å². The van der Waals surface area contributed by atoms with Gasteiger partial charge in [0.1, 0.15) is 11.6 Å². The molecule has 0 aliphatic heterocycles. The van der Waals surface area contributed by atoms with Gasteiger partial charge in [0, 0.05) is 10.4 Å². The van der Waals surface area contributed by atoms with E-state index in [-0.39, 0.29) is 12.5 Å². The minimum absolute atomic E-state index is 0.0646. The molecule has 4 rings (SSSR count). The summed E-state index contributed by atoms with van der Waals surface area (Å²) in [7, 11) is 0. The molecular weight excluding hydrogens is 380 g/mol. The van der Waals surface area contributed by atoms with Gasteiger partial charge in [0.05, 0.1) is 34.6 Å². The summed E-state index contributed by atoms with van der Waals surface area (Å²) < 4.78 is 1.85. The number of hydrogen-bond acceptors (Lipinski definition) is 4. The number of thiazole rings is 1. The SMILES string of the molecule is Cc1nc(-c2ccccc2Cl)sc1CNC(=O)Cn1cnc2ccccc21. The van der Waals surface area contributed by atoms with Crippen LogP contribution in [0.15, 0.2) is 54.9 Å². The molecule has 0 spiro atoms. The van der Waals surface area contributed by atoms with Gasteiger partial charge >= 0.3 is 0 Å². The first-order chi connectivity index (χ1) is 13.1. The molecule has 4 aromatic rings. The highest BCUT2D eigenvalue weighted by atomic mass is 35.5. The zero-order valence-electron chi connectivity index (χ0n) is 14.6. The van der Waals surface area contributed by atoms with E-state index in [9.17, 15) is 4.79 Å². The minimum Gasteiger partial charge on any atom is -0.350 e. The quantitative estimate of drug-likeness (QED) is 0.542. The number of halogens is 1. The van der Waals surface area contributed by atoms with Crippen LogP contribution in [0.25, 0.3) is 21.6 Å². The number of imidazole rings is 1. The van der Waals surface area contributed by atoms with E-state index in [1.165, 1.54) is 0 Å². The predicted octanol–water partition coefficient (Wildman–Crippen LogP) is 4.44. The molecule has 2 aromatic carbocycles. The summed E-state index contributed by atoms with van der Waals surface area (Å²) in [5.41, 5.74) is 3.65. The van der Waals surface area contributed by atoms with Crippen LogP contribution in [0.3, 0.4) is 0 Å². The maximum atomic E-state index is 12.4. The lowest BCUT2D eigenvalue weighted by molar-refractivity contribution is -0.121. The molecule has 0 radical (unpaired) electrons. The van der Waals surface area contributed by atoms with Gasteiger partial charge in [-0.25, -0.2) is 9.97 Å². The van der Waals surface area contributed by atoms with Crippen molar-refractivity contribution in [1.29, 1.82) is 0 Å². The molecule has 0 unspecified atom stereocenters. The second-order valence-corrected chi connectivity index (χ2v) is 7.64. The van der Waals surface area contributed by atoms with Crippen LogP contribution in [0, 0.1) is 6.92 Å². The number of hydrogen-bond donors (Lipinski definition) is 1. The lowest BCUT2D eigenvalue weighted by atomic mass is 10.2. The molecular formula is C20H17ClN4OS. The molecule has 2 heterocycles. The fourth-order valence-corrected chi connectivity index (χ4v) is 4.19. The molecule has 0 saturated carbocycles. The topological polar surface area (TPSA) is 59.8 Å². The second kappa shape index (κ2) is 7.50. The van der Waals surface area contributed by atoms with Crippen molar-refractivity contribution in [2.24, 2.45) is 0 Å². The van der Waals surface area contributed by atoms with Crippen LogP contribution in [0.5, 0.6) is 0 Å². The van der Waals surface area contributed by atoms with E-state index in [0.717, 1.165) is 32.2 Å². The largest absolute Gasteiger partial charge is 0.350 e. The molecule has 0 fully saturated rings. The third kappa shape index (κ3) is 3.72. The highest BCUT2D eigenvalue weighted by Crippen LogP contribution is 2.32. The van der Waals surface area contributed by atoms with Gasteiger partial charge in [-0.3, -0.25) is 4.79 Å². The smallest absolute Gasteiger partial charge is 0.240 e. The number of para-hydroxylation sites is 2. The van der Waals surface area contributed by atoms with Gasteiger partial charge in [-0.05, 0) is 25.1 Å². The third-order valence-electron chi connectivity index (χ3n) is 4.28. The van der Waals surface area contributed by atoms with Crippen LogP contribution in [-0.2, 0) is 17.9 Å². The molecule has 0 saturated heterocycles. The van der Waals surface area contributed by atoms with Gasteiger partial charge in [0.2, 0.25) is 5.91 Å². The summed E-state index contributed by atoms with van der Waals surface area (Å²) in [4.78, 5) is 22.3. The standard InChI is InChI=1S/C20H17ClN4OS/c1-13-18(27-20(24-13)14-6-2-3-7-15(14)21)10-22-19(26)11-25-12-23-16-8-4-5-9-17(16)25/h2-9,12H,10-11H2,1H3,(H,22,26). The summed E-state index contributed by atoms with van der Waals surface area (Å²) in [6, 6.07) is 15.4. The number of aromatic nitrogens is 3. The third-order valence-corrected chi connectivity index (χ3v) is 5.80. The van der Waals surface area contributed by atoms with Crippen LogP contribution in [0.2, 0.25) is 5.02 Å². The van der Waals surface area contributed by atoms with Crippen LogP contribution in [0.4, 0.5) is 0 Å². The molecule has 27 heavy (non-hydrogen) atoms. The molecule has 5 nitrogen and oxygen atoms in total. The Morgan fingerprint density at radius 1 is 1.19 bits per heavy atom. The number of nitrogens with one attached hydrogen (secondary N) is 1. The number of fused-ring (bicyclic) bond motifs is 1. The van der Waals surface area contributed by atoms with Crippen LogP contribution in [-0.4, -0.2) is 20.4 Å². The Morgan fingerprint density at radius 2 is 1.96 bits per heavy atom. The van der Waals surface area contributed by atoms with Crippen molar-refractivity contribution >= 4 is 39.9 Å². The van der Waals surface area contributed by atoms with Gasteiger partial charge in [-0.15, -0.1) is 11.3 Å². The lowest BCUT2D eigenvalue weighted by Gasteiger charge is -2.06. The Kier molecular flexibility index (Phi) is 4.92. The summed E-state index contributed by atoms with van der Waals surface area (Å²) in [6.45, 7) is 2.62. The first-order valence-corrected chi connectivity index (χ1v) is 9.69. The molecule has 1 amide bonds. The number of rotatable bonds is 5. The molecule has 2 aromatic heterocycles. The summed E-state index contributed by atoms with van der Waals surface area (Å²) in [6.07, 6.45) is 1.69. The van der Waals surface area contributed by atoms with Crippen molar-refractivity contribution in [2.75, 3.05) is 0 Å². The zero-order valence-corrected chi connectivity index (χ0v) is 16.2. The van der Waals surface area contributed by atoms with Crippen molar-refractivity contribution in [3.63, 3.8) is 0 Å². The Morgan fingerprint density at radius 3 is 2.81 bits per heavy atom. The monoisotopic (exact) mass is 396 g/mol. The Bertz CT molecular complexity index is 1120. The lowest BCUT2D eigenvalue weighted by Crippen LogP contribution is -2.26. The molecule has 136 valence electrons. The molecule has 7 heteroatoms. The summed E-state index contributed by atoms with van der Waals surface area (Å²) >= 11 is 7.81. The Balaban J connectivity index is 1.44. The van der Waals surface area contributed by atoms with Crippen molar-refractivity contribution in [3.8, 4) is 10.6 Å². The Labute approximate surface area is 165 Å². The number of carbonyl (C=O) groups excluding carboxylic acids is 1. The molecule has 0 aliphatic carbocycles. The van der Waals surface area contributed by atoms with E-state index >= 15 is 0 Å². The number of nitrogens with zero attached hydrogens (tertiary/aromatic N) is 3. The van der Waals surface area contributed by atoms with E-state index < -0.39 is 0 Å². The second-order valence-electron chi connectivity index (χ2n) is 6.15. The van der Waals surface area contributed by atoms with Crippen LogP contribution < -0.4 is 5.32 Å². The number of carbonyl (C=O) groups is 1. The number of aryl methyl sites for hydroxylation is 1. The maximum absolute atomic E-state index is 12.4. The maximum Gasteiger partial charge on any atom is 0.240 e. The first-order valence-electron chi connectivity index (χ1n) is 8.49. The molecule has 0 atom stereocenters. The molecule has 1 N–H and O–H groups in total.